The molecular weight excluding hydrogens is 311 g/mol. The van der Waals surface area contributed by atoms with Crippen LogP contribution in [0.1, 0.15) is 6.42 Å². The van der Waals surface area contributed by atoms with Crippen LogP contribution in [0.3, 0.4) is 0 Å². The number of hydrogen-bond acceptors (Lipinski definition) is 5. The van der Waals surface area contributed by atoms with Crippen molar-refractivity contribution in [3.05, 3.63) is 30.1 Å². The molecule has 7 heteroatoms. The third-order valence-corrected chi connectivity index (χ3v) is 3.89. The summed E-state index contributed by atoms with van der Waals surface area (Å²) in [5.41, 5.74) is 0.177. The van der Waals surface area contributed by atoms with Gasteiger partial charge in [0.05, 0.1) is 31.5 Å². The molecule has 0 atom stereocenters. The number of morpholine rings is 1. The standard InChI is InChI=1S/C17H23FN4O2/c18-15-4-1-2-5-16(15)20-17(23)14-22(7-3-6-19)9-8-21-10-12-24-13-11-21/h1-2,4-5H,3,7-14H2,(H,20,23). The van der Waals surface area contributed by atoms with Gasteiger partial charge in [-0.05, 0) is 12.1 Å². The maximum absolute atomic E-state index is 13.6. The Morgan fingerprint density at radius 3 is 2.79 bits per heavy atom. The van der Waals surface area contributed by atoms with Crippen LogP contribution in [0.15, 0.2) is 24.3 Å². The van der Waals surface area contributed by atoms with Gasteiger partial charge in [-0.25, -0.2) is 4.39 Å². The fraction of sp³-hybridized carbons (Fsp3) is 0.529. The van der Waals surface area contributed by atoms with Gasteiger partial charge in [-0.15, -0.1) is 0 Å². The molecule has 0 aliphatic carbocycles. The molecule has 24 heavy (non-hydrogen) atoms. The molecule has 1 aliphatic heterocycles. The van der Waals surface area contributed by atoms with E-state index in [-0.39, 0.29) is 18.1 Å². The molecule has 1 heterocycles. The van der Waals surface area contributed by atoms with E-state index < -0.39 is 5.82 Å². The van der Waals surface area contributed by atoms with Crippen molar-refractivity contribution in [1.82, 2.24) is 9.80 Å². The van der Waals surface area contributed by atoms with Crippen molar-refractivity contribution in [2.45, 2.75) is 6.42 Å². The van der Waals surface area contributed by atoms with Crippen LogP contribution in [0.5, 0.6) is 0 Å². The first-order chi connectivity index (χ1) is 11.7. The lowest BCUT2D eigenvalue weighted by molar-refractivity contribution is -0.117. The van der Waals surface area contributed by atoms with Crippen LogP contribution in [-0.2, 0) is 9.53 Å². The molecule has 0 unspecified atom stereocenters. The van der Waals surface area contributed by atoms with Crippen molar-refractivity contribution in [2.24, 2.45) is 0 Å². The van der Waals surface area contributed by atoms with Crippen LogP contribution in [0, 0.1) is 17.1 Å². The number of benzene rings is 1. The van der Waals surface area contributed by atoms with Gasteiger partial charge in [0, 0.05) is 39.1 Å². The summed E-state index contributed by atoms with van der Waals surface area (Å²) in [6.07, 6.45) is 0.357. The van der Waals surface area contributed by atoms with E-state index in [1.54, 1.807) is 12.1 Å². The molecule has 0 aromatic heterocycles. The highest BCUT2D eigenvalue weighted by molar-refractivity contribution is 5.92. The normalized spacial score (nSPS) is 15.2. The predicted octanol–water partition coefficient (Wildman–Crippen LogP) is 1.31. The molecule has 130 valence electrons. The minimum absolute atomic E-state index is 0.139. The number of hydrogen-bond donors (Lipinski definition) is 1. The highest BCUT2D eigenvalue weighted by Gasteiger charge is 2.15. The summed E-state index contributed by atoms with van der Waals surface area (Å²) in [7, 11) is 0. The Morgan fingerprint density at radius 2 is 2.08 bits per heavy atom. The van der Waals surface area contributed by atoms with Gasteiger partial charge in [-0.3, -0.25) is 14.6 Å². The lowest BCUT2D eigenvalue weighted by Gasteiger charge is -2.29. The smallest absolute Gasteiger partial charge is 0.238 e. The van der Waals surface area contributed by atoms with E-state index in [4.69, 9.17) is 10.00 Å². The van der Waals surface area contributed by atoms with Gasteiger partial charge < -0.3 is 10.1 Å². The van der Waals surface area contributed by atoms with Gasteiger partial charge in [0.25, 0.3) is 0 Å². The van der Waals surface area contributed by atoms with E-state index in [0.29, 0.717) is 19.5 Å². The molecule has 1 aromatic rings. The maximum Gasteiger partial charge on any atom is 0.238 e. The van der Waals surface area contributed by atoms with Crippen molar-refractivity contribution in [1.29, 1.82) is 5.26 Å². The van der Waals surface area contributed by atoms with Crippen LogP contribution >= 0.6 is 0 Å². The van der Waals surface area contributed by atoms with Gasteiger partial charge in [0.2, 0.25) is 5.91 Å². The van der Waals surface area contributed by atoms with E-state index >= 15 is 0 Å². The lowest BCUT2D eigenvalue weighted by Crippen LogP contribution is -2.43. The SMILES string of the molecule is N#CCCN(CCN1CCOCC1)CC(=O)Nc1ccccc1F. The van der Waals surface area contributed by atoms with Gasteiger partial charge in [0.15, 0.2) is 0 Å². The fourth-order valence-electron chi connectivity index (χ4n) is 2.54. The quantitative estimate of drug-likeness (QED) is 0.776. The van der Waals surface area contributed by atoms with Gasteiger partial charge in [-0.1, -0.05) is 12.1 Å². The molecule has 1 aromatic carbocycles. The molecular formula is C17H23FN4O2. The highest BCUT2D eigenvalue weighted by Crippen LogP contribution is 2.12. The second-order valence-electron chi connectivity index (χ2n) is 5.67. The van der Waals surface area contributed by atoms with Crippen molar-refractivity contribution in [2.75, 3.05) is 57.8 Å². The molecule has 1 N–H and O–H groups in total. The Balaban J connectivity index is 1.83. The van der Waals surface area contributed by atoms with E-state index in [2.05, 4.69) is 16.3 Å². The number of nitrogens with one attached hydrogen (secondary N) is 1. The van der Waals surface area contributed by atoms with Gasteiger partial charge >= 0.3 is 0 Å². The van der Waals surface area contributed by atoms with Crippen LogP contribution in [-0.4, -0.2) is 68.2 Å². The van der Waals surface area contributed by atoms with E-state index in [0.717, 1.165) is 32.8 Å². The number of halogens is 1. The first-order valence-corrected chi connectivity index (χ1v) is 8.13. The van der Waals surface area contributed by atoms with Crippen molar-refractivity contribution in [3.8, 4) is 6.07 Å². The van der Waals surface area contributed by atoms with Crippen molar-refractivity contribution < 1.29 is 13.9 Å². The number of anilines is 1. The maximum atomic E-state index is 13.6. The van der Waals surface area contributed by atoms with Gasteiger partial charge in [0.1, 0.15) is 5.82 Å². The average molecular weight is 334 g/mol. The Kier molecular flexibility index (Phi) is 7.62. The first-order valence-electron chi connectivity index (χ1n) is 8.13. The fourth-order valence-corrected chi connectivity index (χ4v) is 2.54. The molecule has 1 amide bonds. The zero-order valence-corrected chi connectivity index (χ0v) is 13.7. The zero-order chi connectivity index (χ0) is 17.2. The molecule has 1 fully saturated rings. The number of carbonyl (C=O) groups is 1. The van der Waals surface area contributed by atoms with Crippen LogP contribution in [0.25, 0.3) is 0 Å². The molecule has 0 bridgehead atoms. The Labute approximate surface area is 141 Å². The number of amides is 1. The minimum atomic E-state index is -0.456. The second kappa shape index (κ2) is 9.98. The van der Waals surface area contributed by atoms with Crippen LogP contribution < -0.4 is 5.32 Å². The summed E-state index contributed by atoms with van der Waals surface area (Å²) in [6, 6.07) is 8.18. The largest absolute Gasteiger partial charge is 0.379 e. The van der Waals surface area contributed by atoms with Crippen LogP contribution in [0.2, 0.25) is 0 Å². The number of nitrogens with zero attached hydrogens (tertiary/aromatic N) is 3. The molecule has 0 radical (unpaired) electrons. The topological polar surface area (TPSA) is 68.6 Å². The molecule has 6 nitrogen and oxygen atoms in total. The average Bonchev–Trinajstić information content (AvgIpc) is 2.60. The summed E-state index contributed by atoms with van der Waals surface area (Å²) in [5, 5.41) is 11.4. The summed E-state index contributed by atoms with van der Waals surface area (Å²) < 4.78 is 18.9. The third kappa shape index (κ3) is 6.24. The molecule has 2 rings (SSSR count). The number of para-hydroxylation sites is 1. The number of nitriles is 1. The number of carbonyl (C=O) groups excluding carboxylic acids is 1. The van der Waals surface area contributed by atoms with Crippen molar-refractivity contribution in [3.63, 3.8) is 0 Å². The number of rotatable bonds is 8. The lowest BCUT2D eigenvalue weighted by atomic mass is 10.3. The van der Waals surface area contributed by atoms with Gasteiger partial charge in [-0.2, -0.15) is 5.26 Å². The van der Waals surface area contributed by atoms with E-state index in [1.165, 1.54) is 12.1 Å². The third-order valence-electron chi connectivity index (χ3n) is 3.89. The summed E-state index contributed by atoms with van der Waals surface area (Å²) in [4.78, 5) is 16.4. The first kappa shape index (κ1) is 18.3. The molecule has 1 aliphatic rings. The zero-order valence-electron chi connectivity index (χ0n) is 13.7. The second-order valence-corrected chi connectivity index (χ2v) is 5.67. The summed E-state index contributed by atoms with van der Waals surface area (Å²) in [6.45, 7) is 5.39. The summed E-state index contributed by atoms with van der Waals surface area (Å²) in [5.74, 6) is -0.734. The Hall–Kier alpha value is -2.01. The minimum Gasteiger partial charge on any atom is -0.379 e. The van der Waals surface area contributed by atoms with E-state index in [9.17, 15) is 9.18 Å². The van der Waals surface area contributed by atoms with Crippen molar-refractivity contribution >= 4 is 11.6 Å². The molecule has 0 spiro atoms. The molecule has 1 saturated heterocycles. The Morgan fingerprint density at radius 1 is 1.33 bits per heavy atom. The number of ether oxygens (including phenoxy) is 1. The Bertz CT molecular complexity index is 570. The highest BCUT2D eigenvalue weighted by atomic mass is 19.1. The molecule has 0 saturated carbocycles. The monoisotopic (exact) mass is 334 g/mol. The summed E-state index contributed by atoms with van der Waals surface area (Å²) >= 11 is 0. The predicted molar refractivity (Wildman–Crippen MR) is 89.0 cm³/mol. The van der Waals surface area contributed by atoms with Crippen LogP contribution in [0.4, 0.5) is 10.1 Å². The van der Waals surface area contributed by atoms with E-state index in [1.807, 2.05) is 4.90 Å².